The Balaban J connectivity index is 2.45. The average Bonchev–Trinajstić information content (AvgIpc) is 2.03. The van der Waals surface area contributed by atoms with Crippen LogP contribution in [0.15, 0.2) is 30.3 Å². The van der Waals surface area contributed by atoms with Crippen LogP contribution in [0.3, 0.4) is 0 Å². The largest absolute Gasteiger partial charge is 0.273 e. The first-order valence-corrected chi connectivity index (χ1v) is 3.51. The molecule has 57 valence electrons. The number of benzene rings is 1. The fourth-order valence-electron chi connectivity index (χ4n) is 0.786. The van der Waals surface area contributed by atoms with Gasteiger partial charge in [0.15, 0.2) is 0 Å². The second kappa shape index (κ2) is 3.76. The summed E-state index contributed by atoms with van der Waals surface area (Å²) in [6.07, 6.45) is 0. The van der Waals surface area contributed by atoms with E-state index in [-0.39, 0.29) is 5.91 Å². The Hall–Kier alpha value is -1.31. The van der Waals surface area contributed by atoms with E-state index in [1.807, 2.05) is 30.3 Å². The molecule has 0 heterocycles. The van der Waals surface area contributed by atoms with Crippen molar-refractivity contribution in [2.45, 2.75) is 13.5 Å². The molecule has 11 heavy (non-hydrogen) atoms. The van der Waals surface area contributed by atoms with E-state index >= 15 is 0 Å². The number of hydrogen-bond donors (Lipinski definition) is 0. The Bertz CT molecular complexity index is 231. The summed E-state index contributed by atoms with van der Waals surface area (Å²) in [5.74, 6) is -0.117. The van der Waals surface area contributed by atoms with E-state index in [2.05, 4.69) is 5.32 Å². The Labute approximate surface area is 66.2 Å². The highest BCUT2D eigenvalue weighted by molar-refractivity contribution is 5.72. The Morgan fingerprint density at radius 3 is 2.55 bits per heavy atom. The van der Waals surface area contributed by atoms with Gasteiger partial charge in [0.05, 0.1) is 6.54 Å². The van der Waals surface area contributed by atoms with Crippen molar-refractivity contribution < 1.29 is 4.79 Å². The van der Waals surface area contributed by atoms with Crippen LogP contribution in [0.25, 0.3) is 0 Å². The molecule has 0 atom stereocenters. The van der Waals surface area contributed by atoms with Crippen molar-refractivity contribution in [3.05, 3.63) is 35.9 Å². The van der Waals surface area contributed by atoms with Crippen molar-refractivity contribution in [3.63, 3.8) is 0 Å². The summed E-state index contributed by atoms with van der Waals surface area (Å²) >= 11 is 0. The Morgan fingerprint density at radius 2 is 2.00 bits per heavy atom. The monoisotopic (exact) mass is 148 g/mol. The van der Waals surface area contributed by atoms with E-state index in [4.69, 9.17) is 0 Å². The summed E-state index contributed by atoms with van der Waals surface area (Å²) in [7, 11) is 0. The molecular weight excluding hydrogens is 138 g/mol. The third kappa shape index (κ3) is 2.85. The molecule has 1 aromatic carbocycles. The van der Waals surface area contributed by atoms with Crippen LogP contribution >= 0.6 is 0 Å². The summed E-state index contributed by atoms with van der Waals surface area (Å²) in [6, 6.07) is 9.71. The van der Waals surface area contributed by atoms with E-state index in [1.165, 1.54) is 6.92 Å². The Kier molecular flexibility index (Phi) is 2.66. The smallest absolute Gasteiger partial charge is 0.238 e. The maximum absolute atomic E-state index is 10.5. The highest BCUT2D eigenvalue weighted by Crippen LogP contribution is 1.97. The Morgan fingerprint density at radius 1 is 1.36 bits per heavy atom. The molecular formula is C9H10NO. The summed E-state index contributed by atoms with van der Waals surface area (Å²) in [5.41, 5.74) is 1.07. The van der Waals surface area contributed by atoms with Crippen LogP contribution in [-0.2, 0) is 11.3 Å². The molecule has 0 aliphatic rings. The highest BCUT2D eigenvalue weighted by atomic mass is 16.1. The van der Waals surface area contributed by atoms with Crippen molar-refractivity contribution in [1.29, 1.82) is 0 Å². The average molecular weight is 148 g/mol. The lowest BCUT2D eigenvalue weighted by Gasteiger charge is -1.97. The lowest BCUT2D eigenvalue weighted by Crippen LogP contribution is -2.10. The van der Waals surface area contributed by atoms with Crippen LogP contribution in [0.2, 0.25) is 0 Å². The zero-order valence-corrected chi connectivity index (χ0v) is 6.45. The van der Waals surface area contributed by atoms with Gasteiger partial charge in [-0.2, -0.15) is 0 Å². The normalized spacial score (nSPS) is 9.18. The number of hydrogen-bond acceptors (Lipinski definition) is 1. The number of carbonyl (C=O) groups is 1. The molecule has 1 rings (SSSR count). The number of amides is 1. The first-order valence-electron chi connectivity index (χ1n) is 3.51. The maximum Gasteiger partial charge on any atom is 0.238 e. The highest BCUT2D eigenvalue weighted by Gasteiger charge is 1.93. The molecule has 0 aliphatic carbocycles. The molecule has 1 aromatic rings. The second-order valence-corrected chi connectivity index (χ2v) is 2.32. The third-order valence-electron chi connectivity index (χ3n) is 1.33. The van der Waals surface area contributed by atoms with Crippen LogP contribution in [0, 0.1) is 0 Å². The quantitative estimate of drug-likeness (QED) is 0.622. The fraction of sp³-hybridized carbons (Fsp3) is 0.222. The predicted octanol–water partition coefficient (Wildman–Crippen LogP) is 1.34. The van der Waals surface area contributed by atoms with Crippen molar-refractivity contribution >= 4 is 5.91 Å². The van der Waals surface area contributed by atoms with Crippen LogP contribution in [0.4, 0.5) is 0 Å². The van der Waals surface area contributed by atoms with Gasteiger partial charge in [-0.3, -0.25) is 4.79 Å². The van der Waals surface area contributed by atoms with Gasteiger partial charge in [0.25, 0.3) is 0 Å². The summed E-state index contributed by atoms with van der Waals surface area (Å²) in [4.78, 5) is 10.5. The van der Waals surface area contributed by atoms with E-state index in [1.54, 1.807) is 0 Å². The van der Waals surface area contributed by atoms with E-state index in [9.17, 15) is 4.79 Å². The van der Waals surface area contributed by atoms with E-state index < -0.39 is 0 Å². The lowest BCUT2D eigenvalue weighted by atomic mass is 10.2. The molecule has 0 unspecified atom stereocenters. The van der Waals surface area contributed by atoms with Gasteiger partial charge < -0.3 is 0 Å². The van der Waals surface area contributed by atoms with E-state index in [0.717, 1.165) is 5.56 Å². The first kappa shape index (κ1) is 7.79. The van der Waals surface area contributed by atoms with Crippen molar-refractivity contribution in [2.75, 3.05) is 0 Å². The molecule has 0 N–H and O–H groups in total. The minimum Gasteiger partial charge on any atom is -0.273 e. The van der Waals surface area contributed by atoms with Gasteiger partial charge >= 0.3 is 0 Å². The van der Waals surface area contributed by atoms with Gasteiger partial charge in [-0.15, -0.1) is 0 Å². The van der Waals surface area contributed by atoms with Gasteiger partial charge in [-0.05, 0) is 5.56 Å². The third-order valence-corrected chi connectivity index (χ3v) is 1.33. The number of carbonyl (C=O) groups excluding carboxylic acids is 1. The minimum absolute atomic E-state index is 0.117. The summed E-state index contributed by atoms with van der Waals surface area (Å²) in [5, 5.41) is 3.76. The van der Waals surface area contributed by atoms with Gasteiger partial charge in [-0.25, -0.2) is 5.32 Å². The van der Waals surface area contributed by atoms with E-state index in [0.29, 0.717) is 6.54 Å². The SMILES string of the molecule is CC(=O)[N]Cc1ccccc1. The second-order valence-electron chi connectivity index (χ2n) is 2.32. The van der Waals surface area contributed by atoms with Gasteiger partial charge in [0.1, 0.15) is 0 Å². The molecule has 0 bridgehead atoms. The molecule has 0 fully saturated rings. The van der Waals surface area contributed by atoms with Crippen molar-refractivity contribution in [2.24, 2.45) is 0 Å². The standard InChI is InChI=1S/C9H10NO/c1-8(11)10-7-9-5-3-2-4-6-9/h2-6H,7H2,1H3. The van der Waals surface area contributed by atoms with Crippen LogP contribution < -0.4 is 5.32 Å². The predicted molar refractivity (Wildman–Crippen MR) is 43.0 cm³/mol. The lowest BCUT2D eigenvalue weighted by molar-refractivity contribution is -0.119. The molecule has 2 heteroatoms. The molecule has 0 aliphatic heterocycles. The summed E-state index contributed by atoms with van der Waals surface area (Å²) in [6.45, 7) is 1.96. The molecule has 0 spiro atoms. The molecule has 2 nitrogen and oxygen atoms in total. The van der Waals surface area contributed by atoms with Crippen molar-refractivity contribution in [3.8, 4) is 0 Å². The molecule has 0 saturated heterocycles. The van der Waals surface area contributed by atoms with Gasteiger partial charge in [0.2, 0.25) is 5.91 Å². The van der Waals surface area contributed by atoms with Crippen LogP contribution in [0.5, 0.6) is 0 Å². The molecule has 0 aromatic heterocycles. The summed E-state index contributed by atoms with van der Waals surface area (Å²) < 4.78 is 0. The number of rotatable bonds is 2. The van der Waals surface area contributed by atoms with Gasteiger partial charge in [-0.1, -0.05) is 30.3 Å². The van der Waals surface area contributed by atoms with Crippen molar-refractivity contribution in [1.82, 2.24) is 5.32 Å². The topological polar surface area (TPSA) is 31.2 Å². The fourth-order valence-corrected chi connectivity index (χ4v) is 0.786. The zero-order chi connectivity index (χ0) is 8.10. The van der Waals surface area contributed by atoms with Crippen LogP contribution in [-0.4, -0.2) is 5.91 Å². The minimum atomic E-state index is -0.117. The maximum atomic E-state index is 10.5. The number of nitrogens with zero attached hydrogens (tertiary/aromatic N) is 1. The molecule has 1 amide bonds. The molecule has 1 radical (unpaired) electrons. The first-order chi connectivity index (χ1) is 5.29. The zero-order valence-electron chi connectivity index (χ0n) is 6.45. The van der Waals surface area contributed by atoms with Gasteiger partial charge in [0, 0.05) is 6.92 Å². The molecule has 0 saturated carbocycles. The van der Waals surface area contributed by atoms with Crippen LogP contribution in [0.1, 0.15) is 12.5 Å².